The zero-order valence-electron chi connectivity index (χ0n) is 9.16. The third-order valence-electron chi connectivity index (χ3n) is 2.03. The second kappa shape index (κ2) is 5.79. The Kier molecular flexibility index (Phi) is 4.11. The van der Waals surface area contributed by atoms with Gasteiger partial charge >= 0.3 is 0 Å². The van der Waals surface area contributed by atoms with Crippen LogP contribution in [0.5, 0.6) is 0 Å². The molecule has 1 N–H and O–H groups in total. The molecule has 0 saturated carbocycles. The maximum Gasteiger partial charge on any atom is 0.237 e. The topological polar surface area (TPSA) is 54.9 Å². The fourth-order valence-corrected chi connectivity index (χ4v) is 2.81. The van der Waals surface area contributed by atoms with Crippen LogP contribution in [-0.4, -0.2) is 21.4 Å². The van der Waals surface area contributed by atoms with E-state index in [0.29, 0.717) is 0 Å². The lowest BCUT2D eigenvalue weighted by Gasteiger charge is -2.09. The molecule has 0 aliphatic heterocycles. The molecule has 1 aromatic heterocycles. The lowest BCUT2D eigenvalue weighted by molar-refractivity contribution is -0.115. The van der Waals surface area contributed by atoms with Gasteiger partial charge in [-0.2, -0.15) is 0 Å². The molecular weight excluding hydrogens is 254 g/mol. The van der Waals surface area contributed by atoms with Crippen molar-refractivity contribution in [1.82, 2.24) is 10.2 Å². The first-order valence-corrected chi connectivity index (χ1v) is 6.80. The van der Waals surface area contributed by atoms with Gasteiger partial charge in [-0.15, -0.1) is 10.2 Å². The number of anilines is 1. The summed E-state index contributed by atoms with van der Waals surface area (Å²) in [6.07, 6.45) is 0. The van der Waals surface area contributed by atoms with Gasteiger partial charge in [-0.3, -0.25) is 4.79 Å². The van der Waals surface area contributed by atoms with Crippen LogP contribution in [0.1, 0.15) is 6.92 Å². The Hall–Kier alpha value is -1.40. The van der Waals surface area contributed by atoms with Crippen molar-refractivity contribution in [1.29, 1.82) is 0 Å². The summed E-state index contributed by atoms with van der Waals surface area (Å²) < 4.78 is 0.806. The molecule has 0 bridgehead atoms. The van der Waals surface area contributed by atoms with Crippen molar-refractivity contribution >= 4 is 34.7 Å². The van der Waals surface area contributed by atoms with E-state index < -0.39 is 0 Å². The highest BCUT2D eigenvalue weighted by molar-refractivity contribution is 8.02. The second-order valence-electron chi connectivity index (χ2n) is 3.32. The van der Waals surface area contributed by atoms with Gasteiger partial charge in [0.05, 0.1) is 5.25 Å². The highest BCUT2D eigenvalue weighted by atomic mass is 32.2. The minimum Gasteiger partial charge on any atom is -0.325 e. The SMILES string of the molecule is C[C@@H](Sc1nncs1)C(=O)Nc1ccccc1. The zero-order chi connectivity index (χ0) is 12.1. The van der Waals surface area contributed by atoms with Crippen molar-refractivity contribution < 1.29 is 4.79 Å². The quantitative estimate of drug-likeness (QED) is 0.863. The molecule has 0 unspecified atom stereocenters. The van der Waals surface area contributed by atoms with E-state index in [4.69, 9.17) is 0 Å². The fourth-order valence-electron chi connectivity index (χ4n) is 1.18. The molecule has 4 nitrogen and oxygen atoms in total. The van der Waals surface area contributed by atoms with Crippen LogP contribution in [0.3, 0.4) is 0 Å². The largest absolute Gasteiger partial charge is 0.325 e. The van der Waals surface area contributed by atoms with Crippen molar-refractivity contribution in [2.75, 3.05) is 5.32 Å². The summed E-state index contributed by atoms with van der Waals surface area (Å²) in [5, 5.41) is 10.3. The van der Waals surface area contributed by atoms with Gasteiger partial charge < -0.3 is 5.32 Å². The summed E-state index contributed by atoms with van der Waals surface area (Å²) in [5.74, 6) is -0.0311. The summed E-state index contributed by atoms with van der Waals surface area (Å²) in [6.45, 7) is 1.85. The Labute approximate surface area is 107 Å². The molecule has 1 amide bonds. The molecule has 0 aliphatic carbocycles. The molecule has 1 atom stereocenters. The highest BCUT2D eigenvalue weighted by Gasteiger charge is 2.15. The number of benzene rings is 1. The maximum atomic E-state index is 11.9. The molecule has 88 valence electrons. The van der Waals surface area contributed by atoms with Crippen molar-refractivity contribution in [3.05, 3.63) is 35.8 Å². The van der Waals surface area contributed by atoms with E-state index in [2.05, 4.69) is 15.5 Å². The average Bonchev–Trinajstić information content (AvgIpc) is 2.83. The number of hydrogen-bond acceptors (Lipinski definition) is 5. The monoisotopic (exact) mass is 265 g/mol. The Morgan fingerprint density at radius 1 is 1.41 bits per heavy atom. The number of carbonyl (C=O) groups excluding carboxylic acids is 1. The molecule has 0 spiro atoms. The van der Waals surface area contributed by atoms with Gasteiger partial charge in [0, 0.05) is 5.69 Å². The summed E-state index contributed by atoms with van der Waals surface area (Å²) in [6, 6.07) is 9.41. The molecule has 0 aliphatic rings. The molecule has 17 heavy (non-hydrogen) atoms. The first-order valence-electron chi connectivity index (χ1n) is 5.04. The second-order valence-corrected chi connectivity index (χ2v) is 5.74. The highest BCUT2D eigenvalue weighted by Crippen LogP contribution is 2.24. The van der Waals surface area contributed by atoms with Gasteiger partial charge in [0.1, 0.15) is 5.51 Å². The van der Waals surface area contributed by atoms with Crippen LogP contribution >= 0.6 is 23.1 Å². The van der Waals surface area contributed by atoms with Crippen LogP contribution in [0, 0.1) is 0 Å². The summed E-state index contributed by atoms with van der Waals surface area (Å²) in [5.41, 5.74) is 2.46. The van der Waals surface area contributed by atoms with Crippen molar-refractivity contribution in [3.63, 3.8) is 0 Å². The maximum absolute atomic E-state index is 11.9. The normalized spacial score (nSPS) is 12.1. The van der Waals surface area contributed by atoms with Crippen LogP contribution in [0.15, 0.2) is 40.2 Å². The van der Waals surface area contributed by atoms with Gasteiger partial charge in [0.2, 0.25) is 5.91 Å². The fraction of sp³-hybridized carbons (Fsp3) is 0.182. The van der Waals surface area contributed by atoms with E-state index in [-0.39, 0.29) is 11.2 Å². The van der Waals surface area contributed by atoms with Crippen molar-refractivity contribution in [2.45, 2.75) is 16.5 Å². The van der Waals surface area contributed by atoms with E-state index in [9.17, 15) is 4.79 Å². The number of nitrogens with zero attached hydrogens (tertiary/aromatic N) is 2. The lowest BCUT2D eigenvalue weighted by atomic mass is 10.3. The molecule has 1 heterocycles. The van der Waals surface area contributed by atoms with E-state index in [1.807, 2.05) is 37.3 Å². The van der Waals surface area contributed by atoms with E-state index in [1.54, 1.807) is 5.51 Å². The number of nitrogens with one attached hydrogen (secondary N) is 1. The Morgan fingerprint density at radius 3 is 2.82 bits per heavy atom. The third-order valence-corrected chi connectivity index (χ3v) is 3.94. The van der Waals surface area contributed by atoms with Crippen LogP contribution in [0.25, 0.3) is 0 Å². The molecule has 6 heteroatoms. The van der Waals surface area contributed by atoms with Gasteiger partial charge in [-0.1, -0.05) is 41.3 Å². The van der Waals surface area contributed by atoms with Crippen LogP contribution in [-0.2, 0) is 4.79 Å². The predicted octanol–water partition coefficient (Wildman–Crippen LogP) is 2.66. The van der Waals surface area contributed by atoms with Gasteiger partial charge in [0.25, 0.3) is 0 Å². The number of carbonyl (C=O) groups is 1. The Balaban J connectivity index is 1.92. The Bertz CT molecular complexity index is 473. The van der Waals surface area contributed by atoms with Gasteiger partial charge in [0.15, 0.2) is 4.34 Å². The molecule has 0 fully saturated rings. The average molecular weight is 265 g/mol. The predicted molar refractivity (Wildman–Crippen MR) is 70.3 cm³/mol. The molecular formula is C11H11N3OS2. The molecule has 0 saturated heterocycles. The number of hydrogen-bond donors (Lipinski definition) is 1. The lowest BCUT2D eigenvalue weighted by Crippen LogP contribution is -2.22. The van der Waals surface area contributed by atoms with E-state index >= 15 is 0 Å². The summed E-state index contributed by atoms with van der Waals surface area (Å²) in [4.78, 5) is 11.9. The number of amides is 1. The Morgan fingerprint density at radius 2 is 2.18 bits per heavy atom. The number of thioether (sulfide) groups is 1. The molecule has 2 rings (SSSR count). The van der Waals surface area contributed by atoms with E-state index in [0.717, 1.165) is 10.0 Å². The number of para-hydroxylation sites is 1. The number of rotatable bonds is 4. The number of aromatic nitrogens is 2. The molecule has 1 aromatic carbocycles. The van der Waals surface area contributed by atoms with Crippen molar-refractivity contribution in [3.8, 4) is 0 Å². The molecule has 2 aromatic rings. The van der Waals surface area contributed by atoms with Gasteiger partial charge in [-0.25, -0.2) is 0 Å². The minimum atomic E-state index is -0.192. The minimum absolute atomic E-state index is 0.0311. The zero-order valence-corrected chi connectivity index (χ0v) is 10.8. The van der Waals surface area contributed by atoms with Crippen LogP contribution < -0.4 is 5.32 Å². The smallest absolute Gasteiger partial charge is 0.237 e. The third kappa shape index (κ3) is 3.54. The summed E-state index contributed by atoms with van der Waals surface area (Å²) >= 11 is 2.85. The van der Waals surface area contributed by atoms with Crippen LogP contribution in [0.4, 0.5) is 5.69 Å². The standard InChI is InChI=1S/C11H11N3OS2/c1-8(17-11-14-12-7-16-11)10(15)13-9-5-3-2-4-6-9/h2-8H,1H3,(H,13,15)/t8-/m1/s1. The van der Waals surface area contributed by atoms with Gasteiger partial charge in [-0.05, 0) is 19.1 Å². The first kappa shape index (κ1) is 12.1. The molecule has 0 radical (unpaired) electrons. The summed E-state index contributed by atoms with van der Waals surface area (Å²) in [7, 11) is 0. The van der Waals surface area contributed by atoms with E-state index in [1.165, 1.54) is 23.1 Å². The first-order chi connectivity index (χ1) is 8.25. The van der Waals surface area contributed by atoms with Crippen LogP contribution in [0.2, 0.25) is 0 Å². The van der Waals surface area contributed by atoms with Crippen molar-refractivity contribution in [2.24, 2.45) is 0 Å².